The first-order chi connectivity index (χ1) is 10.5. The van der Waals surface area contributed by atoms with Crippen molar-refractivity contribution in [3.05, 3.63) is 47.3 Å². The predicted octanol–water partition coefficient (Wildman–Crippen LogP) is 1.34. The molecule has 3 N–H and O–H groups in total. The molecule has 7 nitrogen and oxygen atoms in total. The van der Waals surface area contributed by atoms with Gasteiger partial charge in [0.05, 0.1) is 6.04 Å². The smallest absolute Gasteiger partial charge is 0.273 e. The van der Waals surface area contributed by atoms with Gasteiger partial charge in [0.1, 0.15) is 11.5 Å². The number of hydrogen-bond acceptors (Lipinski definition) is 5. The summed E-state index contributed by atoms with van der Waals surface area (Å²) in [5, 5.41) is 6.49. The number of amides is 2. The number of carbonyl (C=O) groups is 2. The van der Waals surface area contributed by atoms with E-state index in [0.29, 0.717) is 11.5 Å². The molecule has 0 bridgehead atoms. The van der Waals surface area contributed by atoms with Gasteiger partial charge in [0.2, 0.25) is 0 Å². The van der Waals surface area contributed by atoms with Gasteiger partial charge >= 0.3 is 0 Å². The maximum Gasteiger partial charge on any atom is 0.273 e. The molecule has 0 aliphatic heterocycles. The molecular weight excluding hydrogens is 286 g/mol. The average molecular weight is 303 g/mol. The molecule has 7 heteroatoms. The second-order valence-corrected chi connectivity index (χ2v) is 4.84. The minimum absolute atomic E-state index is 0.169. The number of aromatic nitrogens is 1. The lowest BCUT2D eigenvalue weighted by Gasteiger charge is -2.14. The summed E-state index contributed by atoms with van der Waals surface area (Å²) in [5.74, 6) is 0.271. The van der Waals surface area contributed by atoms with Gasteiger partial charge in [-0.1, -0.05) is 17.3 Å². The van der Waals surface area contributed by atoms with Crippen LogP contribution in [0, 0.1) is 6.92 Å². The number of primary amides is 1. The van der Waals surface area contributed by atoms with Gasteiger partial charge in [0, 0.05) is 6.07 Å². The van der Waals surface area contributed by atoms with Crippen molar-refractivity contribution in [3.63, 3.8) is 0 Å². The van der Waals surface area contributed by atoms with Gasteiger partial charge in [-0.05, 0) is 31.5 Å². The Morgan fingerprint density at radius 2 is 2.05 bits per heavy atom. The monoisotopic (exact) mass is 303 g/mol. The zero-order chi connectivity index (χ0) is 16.1. The molecule has 0 saturated carbocycles. The zero-order valence-electron chi connectivity index (χ0n) is 12.3. The van der Waals surface area contributed by atoms with E-state index in [1.807, 2.05) is 6.92 Å². The molecule has 1 heterocycles. The van der Waals surface area contributed by atoms with Gasteiger partial charge in [0.15, 0.2) is 12.3 Å². The summed E-state index contributed by atoms with van der Waals surface area (Å²) in [6, 6.07) is 8.38. The Hall–Kier alpha value is -2.83. The van der Waals surface area contributed by atoms with Crippen LogP contribution in [-0.4, -0.2) is 23.6 Å². The van der Waals surface area contributed by atoms with Crippen LogP contribution >= 0.6 is 0 Å². The fourth-order valence-corrected chi connectivity index (χ4v) is 1.83. The quantitative estimate of drug-likeness (QED) is 0.837. The second kappa shape index (κ2) is 6.75. The molecule has 0 radical (unpaired) electrons. The summed E-state index contributed by atoms with van der Waals surface area (Å²) in [5.41, 5.74) is 6.14. The Morgan fingerprint density at radius 1 is 1.36 bits per heavy atom. The van der Waals surface area contributed by atoms with Crippen LogP contribution in [0.25, 0.3) is 0 Å². The highest BCUT2D eigenvalue weighted by atomic mass is 16.5. The normalized spacial score (nSPS) is 11.7. The fourth-order valence-electron chi connectivity index (χ4n) is 1.83. The Labute approximate surface area is 127 Å². The van der Waals surface area contributed by atoms with Crippen molar-refractivity contribution in [2.45, 2.75) is 19.9 Å². The number of aryl methyl sites for hydroxylation is 1. The second-order valence-electron chi connectivity index (χ2n) is 4.84. The first kappa shape index (κ1) is 15.6. The summed E-state index contributed by atoms with van der Waals surface area (Å²) in [6.07, 6.45) is 0. The lowest BCUT2D eigenvalue weighted by atomic mass is 10.1. The maximum absolute atomic E-state index is 12.0. The Morgan fingerprint density at radius 3 is 2.59 bits per heavy atom. The Balaban J connectivity index is 1.96. The molecule has 1 aromatic heterocycles. The van der Waals surface area contributed by atoms with E-state index >= 15 is 0 Å². The first-order valence-corrected chi connectivity index (χ1v) is 6.71. The minimum atomic E-state index is -0.535. The molecule has 22 heavy (non-hydrogen) atoms. The van der Waals surface area contributed by atoms with E-state index in [4.69, 9.17) is 15.0 Å². The third-order valence-corrected chi connectivity index (χ3v) is 2.97. The molecule has 0 fully saturated rings. The van der Waals surface area contributed by atoms with Gasteiger partial charge in [-0.25, -0.2) is 0 Å². The van der Waals surface area contributed by atoms with Gasteiger partial charge < -0.3 is 20.3 Å². The van der Waals surface area contributed by atoms with Crippen molar-refractivity contribution in [1.82, 2.24) is 10.5 Å². The van der Waals surface area contributed by atoms with E-state index < -0.39 is 5.91 Å². The van der Waals surface area contributed by atoms with Crippen LogP contribution in [0.2, 0.25) is 0 Å². The van der Waals surface area contributed by atoms with Gasteiger partial charge in [-0.2, -0.15) is 0 Å². The summed E-state index contributed by atoms with van der Waals surface area (Å²) in [6.45, 7) is 3.40. The molecule has 0 aliphatic carbocycles. The summed E-state index contributed by atoms with van der Waals surface area (Å²) < 4.78 is 10.0. The highest BCUT2D eigenvalue weighted by Gasteiger charge is 2.14. The number of nitrogens with zero attached hydrogens (tertiary/aromatic N) is 1. The van der Waals surface area contributed by atoms with Crippen LogP contribution in [-0.2, 0) is 4.79 Å². The Kier molecular flexibility index (Phi) is 4.77. The van der Waals surface area contributed by atoms with Crippen molar-refractivity contribution in [2.75, 3.05) is 6.61 Å². The maximum atomic E-state index is 12.0. The SMILES string of the molecule is Cc1cc(C(=O)N[C@@H](C)c2ccc(OCC(N)=O)cc2)no1. The highest BCUT2D eigenvalue weighted by Crippen LogP contribution is 2.18. The number of ether oxygens (including phenoxy) is 1. The van der Waals surface area contributed by atoms with Crippen molar-refractivity contribution in [2.24, 2.45) is 5.73 Å². The molecule has 116 valence electrons. The average Bonchev–Trinajstić information content (AvgIpc) is 2.92. The van der Waals surface area contributed by atoms with Crippen LogP contribution in [0.1, 0.15) is 34.8 Å². The van der Waals surface area contributed by atoms with E-state index in [0.717, 1.165) is 5.56 Å². The highest BCUT2D eigenvalue weighted by molar-refractivity contribution is 5.92. The number of nitrogens with one attached hydrogen (secondary N) is 1. The number of hydrogen-bond donors (Lipinski definition) is 2. The molecule has 2 amide bonds. The molecule has 1 aromatic carbocycles. The van der Waals surface area contributed by atoms with E-state index in [1.165, 1.54) is 0 Å². The first-order valence-electron chi connectivity index (χ1n) is 6.71. The third kappa shape index (κ3) is 4.08. The molecule has 0 spiro atoms. The summed E-state index contributed by atoms with van der Waals surface area (Å²) >= 11 is 0. The molecule has 2 rings (SSSR count). The number of nitrogens with two attached hydrogens (primary N) is 1. The molecule has 1 atom stereocenters. The van der Waals surface area contributed by atoms with Gasteiger partial charge in [0.25, 0.3) is 11.8 Å². The molecule has 0 saturated heterocycles. The van der Waals surface area contributed by atoms with Crippen LogP contribution in [0.4, 0.5) is 0 Å². The van der Waals surface area contributed by atoms with Crippen molar-refractivity contribution < 1.29 is 18.8 Å². The van der Waals surface area contributed by atoms with E-state index in [-0.39, 0.29) is 24.2 Å². The van der Waals surface area contributed by atoms with E-state index in [1.54, 1.807) is 37.3 Å². The van der Waals surface area contributed by atoms with E-state index in [2.05, 4.69) is 10.5 Å². The molecular formula is C15H17N3O4. The Bertz CT molecular complexity index is 664. The van der Waals surface area contributed by atoms with Crippen LogP contribution < -0.4 is 15.8 Å². The zero-order valence-corrected chi connectivity index (χ0v) is 12.3. The standard InChI is InChI=1S/C15H17N3O4/c1-9-7-13(18-22-9)15(20)17-10(2)11-3-5-12(6-4-11)21-8-14(16)19/h3-7,10H,8H2,1-2H3,(H2,16,19)(H,17,20)/t10-/m0/s1. The minimum Gasteiger partial charge on any atom is -0.484 e. The fraction of sp³-hybridized carbons (Fsp3) is 0.267. The summed E-state index contributed by atoms with van der Waals surface area (Å²) in [4.78, 5) is 22.6. The molecule has 2 aromatic rings. The molecule has 0 unspecified atom stereocenters. The number of benzene rings is 1. The largest absolute Gasteiger partial charge is 0.484 e. The van der Waals surface area contributed by atoms with Crippen molar-refractivity contribution >= 4 is 11.8 Å². The lowest BCUT2D eigenvalue weighted by Crippen LogP contribution is -2.26. The third-order valence-electron chi connectivity index (χ3n) is 2.97. The van der Waals surface area contributed by atoms with Crippen molar-refractivity contribution in [3.8, 4) is 5.75 Å². The van der Waals surface area contributed by atoms with Gasteiger partial charge in [-0.15, -0.1) is 0 Å². The number of rotatable bonds is 6. The van der Waals surface area contributed by atoms with Crippen LogP contribution in [0.5, 0.6) is 5.75 Å². The van der Waals surface area contributed by atoms with Crippen LogP contribution in [0.3, 0.4) is 0 Å². The summed E-state index contributed by atoms with van der Waals surface area (Å²) in [7, 11) is 0. The van der Waals surface area contributed by atoms with Crippen molar-refractivity contribution in [1.29, 1.82) is 0 Å². The topological polar surface area (TPSA) is 107 Å². The number of carbonyl (C=O) groups excluding carboxylic acids is 2. The van der Waals surface area contributed by atoms with Crippen LogP contribution in [0.15, 0.2) is 34.9 Å². The predicted molar refractivity (Wildman–Crippen MR) is 78.3 cm³/mol. The van der Waals surface area contributed by atoms with E-state index in [9.17, 15) is 9.59 Å². The van der Waals surface area contributed by atoms with Gasteiger partial charge in [-0.3, -0.25) is 9.59 Å². The lowest BCUT2D eigenvalue weighted by molar-refractivity contribution is -0.119. The molecule has 0 aliphatic rings.